The highest BCUT2D eigenvalue weighted by Gasteiger charge is 2.22. The van der Waals surface area contributed by atoms with Gasteiger partial charge in [0.1, 0.15) is 5.69 Å². The number of anilines is 1. The molecule has 0 aliphatic heterocycles. The molecule has 3 aromatic rings. The second-order valence-electron chi connectivity index (χ2n) is 10.1. The van der Waals surface area contributed by atoms with Gasteiger partial charge in [0, 0.05) is 29.3 Å². The lowest BCUT2D eigenvalue weighted by Gasteiger charge is -2.22. The first-order chi connectivity index (χ1) is 15.7. The molecular weight excluding hydrogens is 410 g/mol. The number of rotatable bonds is 5. The first kappa shape index (κ1) is 23.0. The van der Waals surface area contributed by atoms with Gasteiger partial charge in [0.05, 0.1) is 5.69 Å². The summed E-state index contributed by atoms with van der Waals surface area (Å²) < 4.78 is 1.60. The van der Waals surface area contributed by atoms with Crippen molar-refractivity contribution in [3.8, 4) is 0 Å². The minimum absolute atomic E-state index is 0.0446. The van der Waals surface area contributed by atoms with E-state index < -0.39 is 0 Å². The molecule has 2 aromatic carbocycles. The number of nitrogens with zero attached hydrogens (tertiary/aromatic N) is 2. The third-order valence-electron chi connectivity index (χ3n) is 6.51. The predicted molar refractivity (Wildman–Crippen MR) is 132 cm³/mol. The number of benzene rings is 2. The predicted octanol–water partition coefficient (Wildman–Crippen LogP) is 6.25. The topological polar surface area (TPSA) is 64.0 Å². The molecule has 4 rings (SSSR count). The van der Waals surface area contributed by atoms with Crippen molar-refractivity contribution in [2.24, 2.45) is 7.05 Å². The molecular formula is C28H33N3O2. The molecule has 1 aromatic heterocycles. The third kappa shape index (κ3) is 5.24. The molecule has 1 aliphatic carbocycles. The van der Waals surface area contributed by atoms with E-state index in [0.29, 0.717) is 28.4 Å². The zero-order valence-electron chi connectivity index (χ0n) is 20.0. The molecule has 1 amide bonds. The van der Waals surface area contributed by atoms with Crippen LogP contribution >= 0.6 is 0 Å². The minimum atomic E-state index is -0.248. The van der Waals surface area contributed by atoms with Gasteiger partial charge in [-0.3, -0.25) is 14.3 Å². The Bertz CT molecular complexity index is 1150. The Morgan fingerprint density at radius 1 is 0.939 bits per heavy atom. The van der Waals surface area contributed by atoms with Crippen LogP contribution < -0.4 is 5.32 Å². The summed E-state index contributed by atoms with van der Waals surface area (Å²) in [4.78, 5) is 25.9. The first-order valence-electron chi connectivity index (χ1n) is 11.8. The third-order valence-corrected chi connectivity index (χ3v) is 6.51. The molecule has 5 nitrogen and oxygen atoms in total. The molecule has 172 valence electrons. The Labute approximate surface area is 196 Å². The SMILES string of the molecule is Cn1nc(C(C)(C)C)cc1C(=O)Nc1cccc(C(=O)c2ccc(C3CCCCC3)cc2)c1. The first-order valence-corrected chi connectivity index (χ1v) is 11.8. The van der Waals surface area contributed by atoms with E-state index in [9.17, 15) is 9.59 Å². The monoisotopic (exact) mass is 443 g/mol. The second-order valence-corrected chi connectivity index (χ2v) is 10.1. The van der Waals surface area contributed by atoms with E-state index in [-0.39, 0.29) is 17.1 Å². The lowest BCUT2D eigenvalue weighted by Crippen LogP contribution is -2.16. The van der Waals surface area contributed by atoms with E-state index in [2.05, 4.69) is 43.3 Å². The maximum Gasteiger partial charge on any atom is 0.273 e. The molecule has 1 fully saturated rings. The van der Waals surface area contributed by atoms with Crippen molar-refractivity contribution in [2.75, 3.05) is 5.32 Å². The van der Waals surface area contributed by atoms with Gasteiger partial charge in [-0.15, -0.1) is 0 Å². The Hall–Kier alpha value is -3.21. The summed E-state index contributed by atoms with van der Waals surface area (Å²) in [7, 11) is 1.76. The number of nitrogens with one attached hydrogen (secondary N) is 1. The second kappa shape index (κ2) is 9.34. The van der Waals surface area contributed by atoms with E-state index in [4.69, 9.17) is 0 Å². The van der Waals surface area contributed by atoms with Crippen LogP contribution in [0.3, 0.4) is 0 Å². The Kier molecular flexibility index (Phi) is 6.50. The summed E-state index contributed by atoms with van der Waals surface area (Å²) in [6.07, 6.45) is 6.39. The van der Waals surface area contributed by atoms with E-state index >= 15 is 0 Å². The van der Waals surface area contributed by atoms with Gasteiger partial charge >= 0.3 is 0 Å². The number of ketones is 1. The molecule has 1 aliphatic rings. The quantitative estimate of drug-likeness (QED) is 0.474. The molecule has 5 heteroatoms. The van der Waals surface area contributed by atoms with Crippen molar-refractivity contribution in [3.05, 3.63) is 82.7 Å². The normalized spacial score (nSPS) is 14.8. The van der Waals surface area contributed by atoms with E-state index in [1.807, 2.05) is 18.2 Å². The maximum atomic E-state index is 13.1. The van der Waals surface area contributed by atoms with Gasteiger partial charge in [-0.05, 0) is 42.5 Å². The zero-order chi connectivity index (χ0) is 23.6. The van der Waals surface area contributed by atoms with Gasteiger partial charge in [0.2, 0.25) is 0 Å². The smallest absolute Gasteiger partial charge is 0.273 e. The Morgan fingerprint density at radius 2 is 1.64 bits per heavy atom. The number of carbonyl (C=O) groups excluding carboxylic acids is 2. The fourth-order valence-corrected chi connectivity index (χ4v) is 4.49. The summed E-state index contributed by atoms with van der Waals surface area (Å²) in [5.41, 5.74) is 4.33. The van der Waals surface area contributed by atoms with Crippen LogP contribution in [0.4, 0.5) is 5.69 Å². The van der Waals surface area contributed by atoms with Gasteiger partial charge in [-0.25, -0.2) is 0 Å². The van der Waals surface area contributed by atoms with Gasteiger partial charge in [-0.1, -0.05) is 76.4 Å². The van der Waals surface area contributed by atoms with E-state index in [1.165, 1.54) is 37.7 Å². The van der Waals surface area contributed by atoms with Crippen molar-refractivity contribution in [1.82, 2.24) is 9.78 Å². The van der Waals surface area contributed by atoms with Crippen LogP contribution in [0.1, 0.15) is 96.5 Å². The van der Waals surface area contributed by atoms with Crippen molar-refractivity contribution in [1.29, 1.82) is 0 Å². The fraction of sp³-hybridized carbons (Fsp3) is 0.393. The highest BCUT2D eigenvalue weighted by Crippen LogP contribution is 2.32. The molecule has 0 saturated heterocycles. The van der Waals surface area contributed by atoms with Crippen molar-refractivity contribution < 1.29 is 9.59 Å². The van der Waals surface area contributed by atoms with Gasteiger partial charge in [-0.2, -0.15) is 5.10 Å². The van der Waals surface area contributed by atoms with Crippen molar-refractivity contribution in [3.63, 3.8) is 0 Å². The van der Waals surface area contributed by atoms with Crippen LogP contribution in [0.5, 0.6) is 0 Å². The summed E-state index contributed by atoms with van der Waals surface area (Å²) in [6, 6.07) is 17.0. The molecule has 0 bridgehead atoms. The average Bonchev–Trinajstić information content (AvgIpc) is 3.22. The molecule has 0 unspecified atom stereocenters. The minimum Gasteiger partial charge on any atom is -0.321 e. The molecule has 33 heavy (non-hydrogen) atoms. The number of carbonyl (C=O) groups is 2. The summed E-state index contributed by atoms with van der Waals surface area (Å²) >= 11 is 0. The van der Waals surface area contributed by atoms with Gasteiger partial charge in [0.25, 0.3) is 5.91 Å². The van der Waals surface area contributed by atoms with Crippen LogP contribution in [0, 0.1) is 0 Å². The highest BCUT2D eigenvalue weighted by atomic mass is 16.2. The zero-order valence-corrected chi connectivity index (χ0v) is 20.0. The summed E-state index contributed by atoms with van der Waals surface area (Å²) in [6.45, 7) is 6.19. The van der Waals surface area contributed by atoms with E-state index in [0.717, 1.165) is 5.69 Å². The number of hydrogen-bond acceptors (Lipinski definition) is 3. The largest absolute Gasteiger partial charge is 0.321 e. The van der Waals surface area contributed by atoms with Crippen LogP contribution in [-0.2, 0) is 12.5 Å². The highest BCUT2D eigenvalue weighted by molar-refractivity contribution is 6.10. The summed E-state index contributed by atoms with van der Waals surface area (Å²) in [5.74, 6) is 0.325. The standard InChI is InChI=1S/C28H33N3O2/c1-28(2,3)25-18-24(31(4)30-25)27(33)29-23-12-8-11-22(17-23)26(32)21-15-13-20(14-16-21)19-9-6-5-7-10-19/h8,11-19H,5-7,9-10H2,1-4H3,(H,29,33). The Morgan fingerprint density at radius 3 is 2.27 bits per heavy atom. The number of amides is 1. The molecule has 1 N–H and O–H groups in total. The van der Waals surface area contributed by atoms with Crippen LogP contribution in [0.15, 0.2) is 54.6 Å². The summed E-state index contributed by atoms with van der Waals surface area (Å²) in [5, 5.41) is 7.38. The van der Waals surface area contributed by atoms with Crippen LogP contribution in [0.2, 0.25) is 0 Å². The van der Waals surface area contributed by atoms with Gasteiger partial charge < -0.3 is 5.32 Å². The number of aromatic nitrogens is 2. The molecule has 0 atom stereocenters. The van der Waals surface area contributed by atoms with Crippen molar-refractivity contribution >= 4 is 17.4 Å². The molecule has 0 radical (unpaired) electrons. The van der Waals surface area contributed by atoms with Crippen LogP contribution in [-0.4, -0.2) is 21.5 Å². The molecule has 0 spiro atoms. The maximum absolute atomic E-state index is 13.1. The number of aryl methyl sites for hydroxylation is 1. The molecule has 1 heterocycles. The van der Waals surface area contributed by atoms with Crippen LogP contribution in [0.25, 0.3) is 0 Å². The average molecular weight is 444 g/mol. The lowest BCUT2D eigenvalue weighted by atomic mass is 9.83. The van der Waals surface area contributed by atoms with Crippen molar-refractivity contribution in [2.45, 2.75) is 64.2 Å². The Balaban J connectivity index is 1.48. The van der Waals surface area contributed by atoms with E-state index in [1.54, 1.807) is 36.0 Å². The van der Waals surface area contributed by atoms with Gasteiger partial charge in [0.15, 0.2) is 5.78 Å². The number of hydrogen-bond donors (Lipinski definition) is 1. The lowest BCUT2D eigenvalue weighted by molar-refractivity contribution is 0.101. The molecule has 1 saturated carbocycles. The fourth-order valence-electron chi connectivity index (χ4n) is 4.49.